The summed E-state index contributed by atoms with van der Waals surface area (Å²) in [6.45, 7) is 2.91. The number of aliphatic hydroxyl groups excluding tert-OH is 2. The maximum absolute atomic E-state index is 13.0. The van der Waals surface area contributed by atoms with Gasteiger partial charge in [0.05, 0.1) is 56.0 Å². The van der Waals surface area contributed by atoms with Gasteiger partial charge in [-0.05, 0) is 51.0 Å². The van der Waals surface area contributed by atoms with Crippen molar-refractivity contribution in [1.82, 2.24) is 24.5 Å². The number of hydrogen-bond donors (Lipinski definition) is 3. The fraction of sp³-hybridized carbons (Fsp3) is 0.387. The van der Waals surface area contributed by atoms with Gasteiger partial charge in [0.25, 0.3) is 0 Å². The number of aromatic nitrogens is 4. The van der Waals surface area contributed by atoms with E-state index in [1.807, 2.05) is 30.3 Å². The Morgan fingerprint density at radius 3 is 2.28 bits per heavy atom. The summed E-state index contributed by atoms with van der Waals surface area (Å²) in [4.78, 5) is 37.0. The second kappa shape index (κ2) is 12.0. The monoisotopic (exact) mass is 588 g/mol. The number of fused-ring (bicyclic) bond motifs is 1. The zero-order chi connectivity index (χ0) is 30.9. The Morgan fingerprint density at radius 1 is 1.02 bits per heavy atom. The molecule has 0 bridgehead atoms. The van der Waals surface area contributed by atoms with Crippen LogP contribution in [0.4, 0.5) is 5.82 Å². The van der Waals surface area contributed by atoms with E-state index in [4.69, 9.17) is 20.2 Å². The number of hydrogen-bond acceptors (Lipinski definition) is 10. The number of nitrogen functional groups attached to an aromatic ring is 1. The summed E-state index contributed by atoms with van der Waals surface area (Å²) in [7, 11) is 3.17. The number of carbonyl (C=O) groups excluding carboxylic acids is 2. The summed E-state index contributed by atoms with van der Waals surface area (Å²) in [5.74, 6) is 0.801. The molecule has 4 N–H and O–H groups in total. The Morgan fingerprint density at radius 2 is 1.70 bits per heavy atom. The fourth-order valence-electron chi connectivity index (χ4n) is 5.54. The van der Waals surface area contributed by atoms with Crippen LogP contribution in [0, 0.1) is 5.41 Å². The fourth-order valence-corrected chi connectivity index (χ4v) is 5.54. The molecule has 1 aliphatic heterocycles. The van der Waals surface area contributed by atoms with Crippen LogP contribution in [-0.2, 0) is 4.79 Å². The number of pyridine rings is 1. The van der Waals surface area contributed by atoms with Gasteiger partial charge < -0.3 is 30.3 Å². The van der Waals surface area contributed by atoms with Crippen molar-refractivity contribution in [3.8, 4) is 33.9 Å². The van der Waals surface area contributed by atoms with Gasteiger partial charge in [-0.3, -0.25) is 14.6 Å². The molecule has 12 heteroatoms. The molecule has 0 radical (unpaired) electrons. The van der Waals surface area contributed by atoms with E-state index >= 15 is 0 Å². The molecule has 1 aromatic carbocycles. The first-order valence-electron chi connectivity index (χ1n) is 14.0. The Bertz CT molecular complexity index is 1660. The second-order valence-corrected chi connectivity index (χ2v) is 11.1. The molecule has 1 aliphatic rings. The zero-order valence-corrected chi connectivity index (χ0v) is 24.7. The number of Topliss-reactive ketones (excluding diaryl/α,β-unsaturated/α-hetero) is 1. The zero-order valence-electron chi connectivity index (χ0n) is 24.7. The number of ether oxygens (including phenoxy) is 2. The van der Waals surface area contributed by atoms with Crippen LogP contribution in [0.25, 0.3) is 28.0 Å². The molecule has 0 saturated carbocycles. The summed E-state index contributed by atoms with van der Waals surface area (Å²) >= 11 is 0. The van der Waals surface area contributed by atoms with E-state index in [-0.39, 0.29) is 23.4 Å². The number of methoxy groups -OCH3 is 2. The Kier molecular flexibility index (Phi) is 8.34. The van der Waals surface area contributed by atoms with Gasteiger partial charge in [-0.1, -0.05) is 6.07 Å². The predicted molar refractivity (Wildman–Crippen MR) is 160 cm³/mol. The maximum Gasteiger partial charge on any atom is 0.233 e. The lowest BCUT2D eigenvalue weighted by Crippen LogP contribution is -2.49. The topological polar surface area (TPSA) is 165 Å². The number of likely N-dealkylation sites (tertiary alicyclic amines) is 1. The summed E-state index contributed by atoms with van der Waals surface area (Å²) in [6.07, 6.45) is 4.49. The van der Waals surface area contributed by atoms with E-state index in [1.54, 1.807) is 38.4 Å². The van der Waals surface area contributed by atoms with Crippen molar-refractivity contribution < 1.29 is 29.3 Å². The first kappa shape index (κ1) is 29.9. The smallest absolute Gasteiger partial charge is 0.233 e. The van der Waals surface area contributed by atoms with E-state index in [9.17, 15) is 19.8 Å². The predicted octanol–water partition coefficient (Wildman–Crippen LogP) is 2.96. The highest BCUT2D eigenvalue weighted by Gasteiger charge is 2.38. The van der Waals surface area contributed by atoms with Crippen LogP contribution in [0.15, 0.2) is 42.7 Å². The van der Waals surface area contributed by atoms with Gasteiger partial charge in [-0.25, -0.2) is 4.98 Å². The summed E-state index contributed by atoms with van der Waals surface area (Å²) in [6, 6.07) is 9.42. The van der Waals surface area contributed by atoms with Gasteiger partial charge in [0.15, 0.2) is 22.9 Å². The van der Waals surface area contributed by atoms with Gasteiger partial charge in [-0.2, -0.15) is 9.61 Å². The molecular formula is C31H36N6O6. The average molecular weight is 589 g/mol. The second-order valence-electron chi connectivity index (χ2n) is 11.1. The number of amides is 1. The number of anilines is 1. The summed E-state index contributed by atoms with van der Waals surface area (Å²) in [5.41, 5.74) is 9.78. The standard InChI is InChI=1S/C31H36N6O6/c1-18(40)26-27(19-9-11-36(12-10-19)30(41)31(2,16-38)17-39)35-29-22(15-34-37(29)28(26)32)21-5-7-23(33-14-21)20-6-8-24(42-3)25(13-20)43-4/h5-8,13-15,19,38-39H,9-12,16-17,32H2,1-4H3. The minimum Gasteiger partial charge on any atom is -0.493 e. The quantitative estimate of drug-likeness (QED) is 0.248. The molecule has 5 rings (SSSR count). The molecule has 1 saturated heterocycles. The van der Waals surface area contributed by atoms with E-state index < -0.39 is 18.6 Å². The molecular weight excluding hydrogens is 552 g/mol. The lowest BCUT2D eigenvalue weighted by atomic mass is 9.86. The van der Waals surface area contributed by atoms with Crippen LogP contribution in [-0.4, -0.2) is 86.9 Å². The molecule has 226 valence electrons. The molecule has 0 atom stereocenters. The molecule has 0 unspecified atom stereocenters. The van der Waals surface area contributed by atoms with Gasteiger partial charge >= 0.3 is 0 Å². The third-order valence-electron chi connectivity index (χ3n) is 8.20. The van der Waals surface area contributed by atoms with Gasteiger partial charge in [0, 0.05) is 41.9 Å². The normalized spacial score (nSPS) is 14.2. The van der Waals surface area contributed by atoms with Crippen LogP contribution in [0.5, 0.6) is 11.5 Å². The number of aliphatic hydroxyl groups is 2. The number of nitrogens with two attached hydrogens (primary N) is 1. The first-order chi connectivity index (χ1) is 20.6. The number of benzene rings is 1. The van der Waals surface area contributed by atoms with Crippen molar-refractivity contribution in [2.45, 2.75) is 32.6 Å². The molecule has 12 nitrogen and oxygen atoms in total. The minimum absolute atomic E-state index is 0.127. The molecule has 0 spiro atoms. The lowest BCUT2D eigenvalue weighted by molar-refractivity contribution is -0.147. The van der Waals surface area contributed by atoms with Gasteiger partial charge in [0.1, 0.15) is 5.82 Å². The van der Waals surface area contributed by atoms with Crippen LogP contribution in [0.2, 0.25) is 0 Å². The molecule has 4 aromatic rings. The highest BCUT2D eigenvalue weighted by atomic mass is 16.5. The number of rotatable bonds is 9. The molecule has 43 heavy (non-hydrogen) atoms. The molecule has 4 heterocycles. The molecule has 3 aromatic heterocycles. The largest absolute Gasteiger partial charge is 0.493 e. The number of ketones is 1. The van der Waals surface area contributed by atoms with Crippen LogP contribution < -0.4 is 15.2 Å². The Labute approximate surface area is 249 Å². The third kappa shape index (κ3) is 5.39. The Balaban J connectivity index is 1.47. The van der Waals surface area contributed by atoms with Crippen molar-refractivity contribution in [2.75, 3.05) is 46.3 Å². The highest BCUT2D eigenvalue weighted by Crippen LogP contribution is 2.36. The average Bonchev–Trinajstić information content (AvgIpc) is 3.48. The van der Waals surface area contributed by atoms with Crippen molar-refractivity contribution >= 4 is 23.2 Å². The van der Waals surface area contributed by atoms with Crippen molar-refractivity contribution in [3.05, 3.63) is 54.0 Å². The van der Waals surface area contributed by atoms with E-state index in [0.29, 0.717) is 59.9 Å². The van der Waals surface area contributed by atoms with Crippen molar-refractivity contribution in [1.29, 1.82) is 0 Å². The van der Waals surface area contributed by atoms with Crippen molar-refractivity contribution in [3.63, 3.8) is 0 Å². The first-order valence-corrected chi connectivity index (χ1v) is 14.0. The molecule has 1 fully saturated rings. The van der Waals surface area contributed by atoms with E-state index in [0.717, 1.165) is 16.8 Å². The van der Waals surface area contributed by atoms with E-state index in [2.05, 4.69) is 10.1 Å². The molecule has 1 amide bonds. The number of carbonyl (C=O) groups is 2. The highest BCUT2D eigenvalue weighted by molar-refractivity contribution is 6.00. The minimum atomic E-state index is -1.24. The summed E-state index contributed by atoms with van der Waals surface area (Å²) < 4.78 is 12.2. The van der Waals surface area contributed by atoms with Gasteiger partial charge in [-0.15, -0.1) is 0 Å². The molecule has 0 aliphatic carbocycles. The Hall–Kier alpha value is -4.55. The lowest BCUT2D eigenvalue weighted by Gasteiger charge is -2.37. The summed E-state index contributed by atoms with van der Waals surface area (Å²) in [5, 5.41) is 23.8. The van der Waals surface area contributed by atoms with Gasteiger partial charge in [0.2, 0.25) is 5.91 Å². The number of nitrogens with zero attached hydrogens (tertiary/aromatic N) is 5. The van der Waals surface area contributed by atoms with E-state index in [1.165, 1.54) is 11.4 Å². The van der Waals surface area contributed by atoms with Crippen LogP contribution >= 0.6 is 0 Å². The van der Waals surface area contributed by atoms with Crippen LogP contribution in [0.1, 0.15) is 48.7 Å². The number of piperidine rings is 1. The SMILES string of the molecule is COc1ccc(-c2ccc(-c3cnn4c(N)c(C(C)=O)c(C5CCN(C(=O)C(C)(CO)CO)CC5)nc34)cn2)cc1OC. The third-order valence-corrected chi connectivity index (χ3v) is 8.20. The maximum atomic E-state index is 13.0. The van der Waals surface area contributed by atoms with Crippen LogP contribution in [0.3, 0.4) is 0 Å². The van der Waals surface area contributed by atoms with Crippen molar-refractivity contribution in [2.24, 2.45) is 5.41 Å².